The zero-order chi connectivity index (χ0) is 23.8. The minimum absolute atomic E-state index is 0.0555. The van der Waals surface area contributed by atoms with Crippen molar-refractivity contribution >= 4 is 34.8 Å². The van der Waals surface area contributed by atoms with Crippen molar-refractivity contribution in [2.75, 3.05) is 29.1 Å². The molecule has 7 heteroatoms. The van der Waals surface area contributed by atoms with Crippen molar-refractivity contribution in [3.63, 3.8) is 0 Å². The van der Waals surface area contributed by atoms with Crippen LogP contribution in [0.15, 0.2) is 78.9 Å². The van der Waals surface area contributed by atoms with E-state index in [1.807, 2.05) is 44.2 Å². The number of amides is 3. The highest BCUT2D eigenvalue weighted by Crippen LogP contribution is 2.17. The summed E-state index contributed by atoms with van der Waals surface area (Å²) in [6, 6.07) is 23.2. The molecule has 0 radical (unpaired) electrons. The molecule has 3 aromatic rings. The van der Waals surface area contributed by atoms with Crippen LogP contribution in [0.4, 0.5) is 17.1 Å². The molecule has 3 amide bonds. The number of hydrogen-bond acceptors (Lipinski definition) is 4. The van der Waals surface area contributed by atoms with Crippen LogP contribution in [0.3, 0.4) is 0 Å². The van der Waals surface area contributed by atoms with Gasteiger partial charge in [-0.05, 0) is 74.5 Å². The number of rotatable bonds is 8. The number of hydrogen-bond donors (Lipinski definition) is 3. The predicted molar refractivity (Wildman–Crippen MR) is 132 cm³/mol. The molecule has 0 spiro atoms. The molecule has 0 saturated carbocycles. The Morgan fingerprint density at radius 3 is 1.97 bits per heavy atom. The van der Waals surface area contributed by atoms with Crippen molar-refractivity contribution in [3.05, 3.63) is 90.0 Å². The third-order valence-electron chi connectivity index (χ3n) is 4.88. The number of anilines is 3. The SMILES string of the molecule is CC(C)NC(=O)c1ccc(NC(=O)CNc2ccc(C(=O)N(C)c3ccccc3)cc2)cc1. The zero-order valence-electron chi connectivity index (χ0n) is 19.0. The van der Waals surface area contributed by atoms with Crippen molar-refractivity contribution in [1.82, 2.24) is 5.32 Å². The van der Waals surface area contributed by atoms with Gasteiger partial charge in [0.1, 0.15) is 0 Å². The molecule has 0 bridgehead atoms. The lowest BCUT2D eigenvalue weighted by molar-refractivity contribution is -0.114. The van der Waals surface area contributed by atoms with Crippen LogP contribution in [0.25, 0.3) is 0 Å². The lowest BCUT2D eigenvalue weighted by Crippen LogP contribution is -2.30. The highest BCUT2D eigenvalue weighted by atomic mass is 16.2. The van der Waals surface area contributed by atoms with Gasteiger partial charge < -0.3 is 20.9 Å². The first kappa shape index (κ1) is 23.5. The molecule has 0 aromatic heterocycles. The van der Waals surface area contributed by atoms with Gasteiger partial charge in [0.05, 0.1) is 6.54 Å². The summed E-state index contributed by atoms with van der Waals surface area (Å²) in [5, 5.41) is 8.65. The maximum Gasteiger partial charge on any atom is 0.258 e. The Morgan fingerprint density at radius 2 is 1.36 bits per heavy atom. The van der Waals surface area contributed by atoms with E-state index in [1.54, 1.807) is 60.5 Å². The van der Waals surface area contributed by atoms with E-state index in [0.717, 1.165) is 11.4 Å². The number of carbonyl (C=O) groups excluding carboxylic acids is 3. The Kier molecular flexibility index (Phi) is 7.81. The molecule has 170 valence electrons. The molecule has 0 aliphatic carbocycles. The van der Waals surface area contributed by atoms with Crippen LogP contribution in [0.1, 0.15) is 34.6 Å². The second kappa shape index (κ2) is 10.9. The van der Waals surface area contributed by atoms with E-state index < -0.39 is 0 Å². The highest BCUT2D eigenvalue weighted by molar-refractivity contribution is 6.06. The Labute approximate surface area is 193 Å². The smallest absolute Gasteiger partial charge is 0.258 e. The maximum absolute atomic E-state index is 12.7. The predicted octanol–water partition coefficient (Wildman–Crippen LogP) is 4.15. The fourth-order valence-electron chi connectivity index (χ4n) is 3.13. The summed E-state index contributed by atoms with van der Waals surface area (Å²) in [6.45, 7) is 3.86. The quantitative estimate of drug-likeness (QED) is 0.487. The zero-order valence-corrected chi connectivity index (χ0v) is 19.0. The summed E-state index contributed by atoms with van der Waals surface area (Å²) in [4.78, 5) is 38.5. The van der Waals surface area contributed by atoms with Gasteiger partial charge in [0.25, 0.3) is 11.8 Å². The minimum atomic E-state index is -0.224. The highest BCUT2D eigenvalue weighted by Gasteiger charge is 2.13. The molecule has 33 heavy (non-hydrogen) atoms. The molecule has 3 N–H and O–H groups in total. The summed E-state index contributed by atoms with van der Waals surface area (Å²) >= 11 is 0. The Morgan fingerprint density at radius 1 is 0.788 bits per heavy atom. The summed E-state index contributed by atoms with van der Waals surface area (Å²) in [7, 11) is 1.73. The van der Waals surface area contributed by atoms with Crippen LogP contribution in [0.2, 0.25) is 0 Å². The van der Waals surface area contributed by atoms with E-state index in [-0.39, 0.29) is 30.3 Å². The van der Waals surface area contributed by atoms with Crippen LogP contribution in [0, 0.1) is 0 Å². The van der Waals surface area contributed by atoms with E-state index in [9.17, 15) is 14.4 Å². The fourth-order valence-corrected chi connectivity index (χ4v) is 3.13. The van der Waals surface area contributed by atoms with Gasteiger partial charge >= 0.3 is 0 Å². The van der Waals surface area contributed by atoms with Crippen molar-refractivity contribution in [2.45, 2.75) is 19.9 Å². The average Bonchev–Trinajstić information content (AvgIpc) is 2.82. The van der Waals surface area contributed by atoms with E-state index in [2.05, 4.69) is 16.0 Å². The largest absolute Gasteiger partial charge is 0.376 e. The van der Waals surface area contributed by atoms with Gasteiger partial charge in [-0.3, -0.25) is 14.4 Å². The van der Waals surface area contributed by atoms with Crippen LogP contribution in [-0.4, -0.2) is 37.4 Å². The van der Waals surface area contributed by atoms with Gasteiger partial charge in [-0.25, -0.2) is 0 Å². The van der Waals surface area contributed by atoms with Crippen LogP contribution in [-0.2, 0) is 4.79 Å². The summed E-state index contributed by atoms with van der Waals surface area (Å²) in [5.41, 5.74) is 3.23. The third kappa shape index (κ3) is 6.67. The van der Waals surface area contributed by atoms with Gasteiger partial charge in [-0.2, -0.15) is 0 Å². The molecule has 3 rings (SSSR count). The standard InChI is InChI=1S/C26H28N4O3/c1-18(2)28-25(32)19-9-15-22(16-10-19)29-24(31)17-27-21-13-11-20(12-14-21)26(33)30(3)23-7-5-4-6-8-23/h4-16,18,27H,17H2,1-3H3,(H,28,32)(H,29,31). The van der Waals surface area contributed by atoms with Gasteiger partial charge in [0, 0.05) is 41.3 Å². The van der Waals surface area contributed by atoms with Gasteiger partial charge in [-0.15, -0.1) is 0 Å². The molecule has 0 fully saturated rings. The number of nitrogens with zero attached hydrogens (tertiary/aromatic N) is 1. The van der Waals surface area contributed by atoms with Gasteiger partial charge in [0.15, 0.2) is 0 Å². The summed E-state index contributed by atoms with van der Waals surface area (Å²) in [5.74, 6) is -0.490. The van der Waals surface area contributed by atoms with E-state index in [1.165, 1.54) is 0 Å². The molecular formula is C26H28N4O3. The van der Waals surface area contributed by atoms with Crippen LogP contribution >= 0.6 is 0 Å². The molecule has 3 aromatic carbocycles. The fraction of sp³-hybridized carbons (Fsp3) is 0.192. The van der Waals surface area contributed by atoms with Crippen molar-refractivity contribution in [2.24, 2.45) is 0 Å². The lowest BCUT2D eigenvalue weighted by atomic mass is 10.1. The summed E-state index contributed by atoms with van der Waals surface area (Å²) < 4.78 is 0. The van der Waals surface area contributed by atoms with Gasteiger partial charge in [-0.1, -0.05) is 18.2 Å². The Hall–Kier alpha value is -4.13. The molecule has 0 aliphatic heterocycles. The molecule has 7 nitrogen and oxygen atoms in total. The monoisotopic (exact) mass is 444 g/mol. The molecular weight excluding hydrogens is 416 g/mol. The van der Waals surface area contributed by atoms with E-state index >= 15 is 0 Å². The second-order valence-corrected chi connectivity index (χ2v) is 7.88. The molecule has 0 atom stereocenters. The number of nitrogens with one attached hydrogen (secondary N) is 3. The first-order valence-corrected chi connectivity index (χ1v) is 10.7. The topological polar surface area (TPSA) is 90.5 Å². The van der Waals surface area contributed by atoms with Gasteiger partial charge in [0.2, 0.25) is 5.91 Å². The molecule has 0 saturated heterocycles. The summed E-state index contributed by atoms with van der Waals surface area (Å²) in [6.07, 6.45) is 0. The van der Waals surface area contributed by atoms with Crippen LogP contribution < -0.4 is 20.9 Å². The van der Waals surface area contributed by atoms with Crippen molar-refractivity contribution in [3.8, 4) is 0 Å². The first-order valence-electron chi connectivity index (χ1n) is 10.7. The molecule has 0 heterocycles. The molecule has 0 unspecified atom stereocenters. The Bertz CT molecular complexity index is 1090. The lowest BCUT2D eigenvalue weighted by Gasteiger charge is -2.17. The number of para-hydroxylation sites is 1. The van der Waals surface area contributed by atoms with Crippen LogP contribution in [0.5, 0.6) is 0 Å². The number of carbonyl (C=O) groups is 3. The minimum Gasteiger partial charge on any atom is -0.376 e. The third-order valence-corrected chi connectivity index (χ3v) is 4.88. The normalized spacial score (nSPS) is 10.4. The number of benzene rings is 3. The van der Waals surface area contributed by atoms with E-state index in [4.69, 9.17) is 0 Å². The molecule has 0 aliphatic rings. The maximum atomic E-state index is 12.7. The first-order chi connectivity index (χ1) is 15.8. The van der Waals surface area contributed by atoms with Crippen molar-refractivity contribution in [1.29, 1.82) is 0 Å². The van der Waals surface area contributed by atoms with E-state index in [0.29, 0.717) is 16.8 Å². The second-order valence-electron chi connectivity index (χ2n) is 7.88. The van der Waals surface area contributed by atoms with Crippen molar-refractivity contribution < 1.29 is 14.4 Å². The average molecular weight is 445 g/mol. The Balaban J connectivity index is 1.50.